The van der Waals surface area contributed by atoms with E-state index in [4.69, 9.17) is 10.5 Å². The molecule has 0 radical (unpaired) electrons. The number of pyridine rings is 1. The Bertz CT molecular complexity index is 421. The predicted molar refractivity (Wildman–Crippen MR) is 76.2 cm³/mol. The van der Waals surface area contributed by atoms with Crippen molar-refractivity contribution in [2.75, 3.05) is 24.1 Å². The third-order valence-electron chi connectivity index (χ3n) is 2.27. The molecule has 0 spiro atoms. The van der Waals surface area contributed by atoms with Gasteiger partial charge in [-0.3, -0.25) is 4.79 Å². The van der Waals surface area contributed by atoms with Gasteiger partial charge in [-0.05, 0) is 32.9 Å². The van der Waals surface area contributed by atoms with Gasteiger partial charge in [-0.25, -0.2) is 0 Å². The highest BCUT2D eigenvalue weighted by molar-refractivity contribution is 5.76. The normalized spacial score (nSPS) is 10.3. The molecule has 0 aliphatic rings. The third-order valence-corrected chi connectivity index (χ3v) is 2.27. The van der Waals surface area contributed by atoms with Gasteiger partial charge in [-0.1, -0.05) is 0 Å². The Hall–Kier alpha value is -1.98. The summed E-state index contributed by atoms with van der Waals surface area (Å²) >= 11 is 0. The zero-order valence-electron chi connectivity index (χ0n) is 11.7. The number of nitrogens with one attached hydrogen (secondary N) is 2. The molecule has 0 aliphatic carbocycles. The Labute approximate surface area is 113 Å². The van der Waals surface area contributed by atoms with Gasteiger partial charge in [0.2, 0.25) is 11.8 Å². The van der Waals surface area contributed by atoms with E-state index in [1.54, 1.807) is 12.1 Å². The summed E-state index contributed by atoms with van der Waals surface area (Å²) in [6.45, 7) is 6.88. The molecular formula is C13H22N4O2. The second-order valence-electron chi connectivity index (χ2n) is 4.39. The minimum atomic E-state index is 0.0142. The quantitative estimate of drug-likeness (QED) is 0.694. The number of amides is 1. The lowest BCUT2D eigenvalue weighted by Gasteiger charge is -2.13. The SMILES string of the molecule is CCNC(=O)CCNc1ccc(N)c(OC(C)C)n1. The number of rotatable bonds is 7. The minimum absolute atomic E-state index is 0.0142. The summed E-state index contributed by atoms with van der Waals surface area (Å²) in [6, 6.07) is 3.50. The first-order chi connectivity index (χ1) is 9.02. The number of carbonyl (C=O) groups is 1. The van der Waals surface area contributed by atoms with E-state index in [1.165, 1.54) is 0 Å². The van der Waals surface area contributed by atoms with Crippen LogP contribution < -0.4 is 21.1 Å². The van der Waals surface area contributed by atoms with Crippen LogP contribution in [0.25, 0.3) is 0 Å². The van der Waals surface area contributed by atoms with Gasteiger partial charge in [0.15, 0.2) is 0 Å². The summed E-state index contributed by atoms with van der Waals surface area (Å²) < 4.78 is 5.50. The van der Waals surface area contributed by atoms with Crippen molar-refractivity contribution < 1.29 is 9.53 Å². The van der Waals surface area contributed by atoms with Crippen molar-refractivity contribution in [3.05, 3.63) is 12.1 Å². The number of nitrogens with zero attached hydrogens (tertiary/aromatic N) is 1. The Kier molecular flexibility index (Phi) is 5.92. The fraction of sp³-hybridized carbons (Fsp3) is 0.538. The van der Waals surface area contributed by atoms with Crippen LogP contribution in [0.4, 0.5) is 11.5 Å². The third kappa shape index (κ3) is 5.46. The lowest BCUT2D eigenvalue weighted by atomic mass is 10.3. The topological polar surface area (TPSA) is 89.3 Å². The fourth-order valence-electron chi connectivity index (χ4n) is 1.46. The van der Waals surface area contributed by atoms with E-state index in [0.717, 1.165) is 0 Å². The Morgan fingerprint density at radius 1 is 1.47 bits per heavy atom. The van der Waals surface area contributed by atoms with Crippen LogP contribution in [-0.2, 0) is 4.79 Å². The van der Waals surface area contributed by atoms with Crippen LogP contribution >= 0.6 is 0 Å². The summed E-state index contributed by atoms with van der Waals surface area (Å²) in [4.78, 5) is 15.5. The number of anilines is 2. The molecule has 19 heavy (non-hydrogen) atoms. The highest BCUT2D eigenvalue weighted by Crippen LogP contribution is 2.21. The lowest BCUT2D eigenvalue weighted by molar-refractivity contribution is -0.120. The average molecular weight is 266 g/mol. The number of carbonyl (C=O) groups excluding carboxylic acids is 1. The van der Waals surface area contributed by atoms with Crippen LogP contribution in [0.5, 0.6) is 5.88 Å². The molecule has 4 N–H and O–H groups in total. The molecule has 0 aliphatic heterocycles. The van der Waals surface area contributed by atoms with E-state index >= 15 is 0 Å². The molecular weight excluding hydrogens is 244 g/mol. The first-order valence-electron chi connectivity index (χ1n) is 6.46. The molecule has 6 nitrogen and oxygen atoms in total. The second-order valence-corrected chi connectivity index (χ2v) is 4.39. The fourth-order valence-corrected chi connectivity index (χ4v) is 1.46. The van der Waals surface area contributed by atoms with Crippen molar-refractivity contribution in [1.82, 2.24) is 10.3 Å². The largest absolute Gasteiger partial charge is 0.473 e. The maximum absolute atomic E-state index is 11.3. The maximum Gasteiger partial charge on any atom is 0.239 e. The van der Waals surface area contributed by atoms with Gasteiger partial charge < -0.3 is 21.1 Å². The van der Waals surface area contributed by atoms with Gasteiger partial charge in [0.05, 0.1) is 11.8 Å². The van der Waals surface area contributed by atoms with E-state index < -0.39 is 0 Å². The number of hydrogen-bond donors (Lipinski definition) is 3. The van der Waals surface area contributed by atoms with E-state index in [1.807, 2.05) is 20.8 Å². The molecule has 106 valence electrons. The van der Waals surface area contributed by atoms with Gasteiger partial charge in [0, 0.05) is 19.5 Å². The monoisotopic (exact) mass is 266 g/mol. The molecule has 1 aromatic rings. The molecule has 1 heterocycles. The van der Waals surface area contributed by atoms with Crippen molar-refractivity contribution in [3.63, 3.8) is 0 Å². The highest BCUT2D eigenvalue weighted by atomic mass is 16.5. The van der Waals surface area contributed by atoms with Crippen LogP contribution in [0.2, 0.25) is 0 Å². The molecule has 0 atom stereocenters. The summed E-state index contributed by atoms with van der Waals surface area (Å²) in [5, 5.41) is 5.80. The Balaban J connectivity index is 2.52. The summed E-state index contributed by atoms with van der Waals surface area (Å²) in [7, 11) is 0. The average Bonchev–Trinajstić information content (AvgIpc) is 2.33. The van der Waals surface area contributed by atoms with E-state index in [9.17, 15) is 4.79 Å². The van der Waals surface area contributed by atoms with Crippen LogP contribution in [-0.4, -0.2) is 30.1 Å². The van der Waals surface area contributed by atoms with E-state index in [2.05, 4.69) is 15.6 Å². The lowest BCUT2D eigenvalue weighted by Crippen LogP contribution is -2.24. The summed E-state index contributed by atoms with van der Waals surface area (Å²) in [5.74, 6) is 1.08. The van der Waals surface area contributed by atoms with Crippen molar-refractivity contribution in [2.45, 2.75) is 33.3 Å². The number of nitrogen functional groups attached to an aromatic ring is 1. The standard InChI is InChI=1S/C13H22N4O2/c1-4-15-12(18)7-8-16-11-6-5-10(14)13(17-11)19-9(2)3/h5-6,9H,4,7-8,14H2,1-3H3,(H,15,18)(H,16,17). The van der Waals surface area contributed by atoms with Gasteiger partial charge >= 0.3 is 0 Å². The van der Waals surface area contributed by atoms with Gasteiger partial charge in [0.25, 0.3) is 0 Å². The zero-order chi connectivity index (χ0) is 14.3. The maximum atomic E-state index is 11.3. The van der Waals surface area contributed by atoms with Crippen molar-refractivity contribution in [1.29, 1.82) is 0 Å². The smallest absolute Gasteiger partial charge is 0.239 e. The summed E-state index contributed by atoms with van der Waals surface area (Å²) in [6.07, 6.45) is 0.417. The van der Waals surface area contributed by atoms with E-state index in [-0.39, 0.29) is 12.0 Å². The van der Waals surface area contributed by atoms with Crippen LogP contribution in [0, 0.1) is 0 Å². The first-order valence-corrected chi connectivity index (χ1v) is 6.46. The molecule has 1 aromatic heterocycles. The molecule has 1 amide bonds. The molecule has 6 heteroatoms. The Morgan fingerprint density at radius 2 is 2.21 bits per heavy atom. The van der Waals surface area contributed by atoms with Crippen molar-refractivity contribution in [2.24, 2.45) is 0 Å². The van der Waals surface area contributed by atoms with Crippen molar-refractivity contribution >= 4 is 17.4 Å². The van der Waals surface area contributed by atoms with Crippen molar-refractivity contribution in [3.8, 4) is 5.88 Å². The molecule has 0 saturated heterocycles. The molecule has 0 saturated carbocycles. The number of hydrogen-bond acceptors (Lipinski definition) is 5. The van der Waals surface area contributed by atoms with Crippen LogP contribution in [0.1, 0.15) is 27.2 Å². The molecule has 0 bridgehead atoms. The summed E-state index contributed by atoms with van der Waals surface area (Å²) in [5.41, 5.74) is 6.28. The number of aromatic nitrogens is 1. The van der Waals surface area contributed by atoms with Crippen LogP contribution in [0.15, 0.2) is 12.1 Å². The van der Waals surface area contributed by atoms with E-state index in [0.29, 0.717) is 36.9 Å². The first kappa shape index (κ1) is 15.1. The van der Waals surface area contributed by atoms with Gasteiger partial charge in [0.1, 0.15) is 5.82 Å². The number of nitrogens with two attached hydrogens (primary N) is 1. The molecule has 0 unspecified atom stereocenters. The molecule has 0 aromatic carbocycles. The molecule has 0 fully saturated rings. The number of ether oxygens (including phenoxy) is 1. The van der Waals surface area contributed by atoms with Gasteiger partial charge in [-0.15, -0.1) is 0 Å². The van der Waals surface area contributed by atoms with Crippen LogP contribution in [0.3, 0.4) is 0 Å². The zero-order valence-corrected chi connectivity index (χ0v) is 11.7. The Morgan fingerprint density at radius 3 is 2.84 bits per heavy atom. The molecule has 1 rings (SSSR count). The highest BCUT2D eigenvalue weighted by Gasteiger charge is 2.06. The second kappa shape index (κ2) is 7.45. The van der Waals surface area contributed by atoms with Gasteiger partial charge in [-0.2, -0.15) is 4.98 Å². The predicted octanol–water partition coefficient (Wildman–Crippen LogP) is 1.39. The minimum Gasteiger partial charge on any atom is -0.473 e.